The Morgan fingerprint density at radius 2 is 2.07 bits per heavy atom. The maximum Gasteiger partial charge on any atom is 0.293 e. The fourth-order valence-electron chi connectivity index (χ4n) is 1.62. The molecule has 0 bridgehead atoms. The molecule has 0 saturated heterocycles. The van der Waals surface area contributed by atoms with Gasteiger partial charge in [-0.05, 0) is 25.8 Å². The van der Waals surface area contributed by atoms with Crippen LogP contribution in [0.15, 0.2) is 10.9 Å². The van der Waals surface area contributed by atoms with Gasteiger partial charge in [-0.1, -0.05) is 13.8 Å². The second kappa shape index (κ2) is 3.86. The minimum absolute atomic E-state index is 0.104. The van der Waals surface area contributed by atoms with Crippen molar-refractivity contribution in [3.05, 3.63) is 27.7 Å². The van der Waals surface area contributed by atoms with Crippen molar-refractivity contribution in [1.82, 2.24) is 4.57 Å². The van der Waals surface area contributed by atoms with Crippen molar-refractivity contribution in [2.24, 2.45) is 0 Å². The highest BCUT2D eigenvalue weighted by atomic mass is 16.3. The van der Waals surface area contributed by atoms with E-state index in [1.54, 1.807) is 4.57 Å². The fourth-order valence-corrected chi connectivity index (χ4v) is 1.62. The van der Waals surface area contributed by atoms with Crippen molar-refractivity contribution < 1.29 is 5.11 Å². The molecule has 1 rings (SSSR count). The van der Waals surface area contributed by atoms with Gasteiger partial charge in [0.2, 0.25) is 0 Å². The summed E-state index contributed by atoms with van der Waals surface area (Å²) >= 11 is 0. The van der Waals surface area contributed by atoms with Crippen LogP contribution in [0.5, 0.6) is 5.75 Å². The summed E-state index contributed by atoms with van der Waals surface area (Å²) in [6.07, 6.45) is 0. The smallest absolute Gasteiger partial charge is 0.293 e. The molecule has 0 aliphatic rings. The Kier molecular flexibility index (Phi) is 2.99. The van der Waals surface area contributed by atoms with E-state index in [2.05, 4.69) is 0 Å². The number of nitrogens with zero attached hydrogens (tertiary/aromatic N) is 1. The molecular weight excluding hydrogens is 178 g/mol. The first kappa shape index (κ1) is 10.8. The molecule has 78 valence electrons. The van der Waals surface area contributed by atoms with E-state index in [0.29, 0.717) is 6.54 Å². The van der Waals surface area contributed by atoms with Crippen LogP contribution in [0.3, 0.4) is 0 Å². The van der Waals surface area contributed by atoms with E-state index in [1.807, 2.05) is 33.8 Å². The van der Waals surface area contributed by atoms with E-state index in [0.717, 1.165) is 11.3 Å². The number of hydrogen-bond donors (Lipinski definition) is 1. The third-order valence-electron chi connectivity index (χ3n) is 2.45. The van der Waals surface area contributed by atoms with Gasteiger partial charge in [0, 0.05) is 17.8 Å². The van der Waals surface area contributed by atoms with Crippen molar-refractivity contribution in [2.75, 3.05) is 0 Å². The highest BCUT2D eigenvalue weighted by molar-refractivity contribution is 5.34. The summed E-state index contributed by atoms with van der Waals surface area (Å²) in [5, 5.41) is 9.67. The molecule has 0 spiro atoms. The van der Waals surface area contributed by atoms with Gasteiger partial charge < -0.3 is 9.67 Å². The Morgan fingerprint density at radius 1 is 1.50 bits per heavy atom. The third-order valence-corrected chi connectivity index (χ3v) is 2.45. The summed E-state index contributed by atoms with van der Waals surface area (Å²) in [6, 6.07) is 1.88. The van der Waals surface area contributed by atoms with Crippen LogP contribution >= 0.6 is 0 Å². The van der Waals surface area contributed by atoms with Gasteiger partial charge in [-0.15, -0.1) is 0 Å². The lowest BCUT2D eigenvalue weighted by Gasteiger charge is -2.13. The molecular formula is C11H17NO2. The number of hydrogen-bond acceptors (Lipinski definition) is 2. The fraction of sp³-hybridized carbons (Fsp3) is 0.545. The molecule has 3 nitrogen and oxygen atoms in total. The molecule has 1 aromatic rings. The average Bonchev–Trinajstić information content (AvgIpc) is 2.12. The molecule has 0 fully saturated rings. The number of rotatable bonds is 2. The molecule has 0 saturated carbocycles. The standard InChI is InChI=1S/C11H17NO2/c1-5-12-8(4)6-9(7(2)3)10(13)11(12)14/h6-7,13H,5H2,1-4H3. The minimum atomic E-state index is -0.281. The van der Waals surface area contributed by atoms with Gasteiger partial charge in [-0.25, -0.2) is 0 Å². The first-order valence-corrected chi connectivity index (χ1v) is 4.92. The normalized spacial score (nSPS) is 10.9. The van der Waals surface area contributed by atoms with E-state index in [-0.39, 0.29) is 17.2 Å². The lowest BCUT2D eigenvalue weighted by Crippen LogP contribution is -2.22. The van der Waals surface area contributed by atoms with Crippen LogP contribution in [-0.4, -0.2) is 9.67 Å². The summed E-state index contributed by atoms with van der Waals surface area (Å²) in [6.45, 7) is 8.30. The zero-order valence-electron chi connectivity index (χ0n) is 9.16. The molecule has 0 radical (unpaired) electrons. The van der Waals surface area contributed by atoms with E-state index in [1.165, 1.54) is 0 Å². The minimum Gasteiger partial charge on any atom is -0.503 e. The first-order valence-electron chi connectivity index (χ1n) is 4.92. The zero-order valence-corrected chi connectivity index (χ0v) is 9.16. The summed E-state index contributed by atoms with van der Waals surface area (Å²) in [5.41, 5.74) is 1.35. The lowest BCUT2D eigenvalue weighted by molar-refractivity contribution is 0.446. The van der Waals surface area contributed by atoms with Crippen LogP contribution in [0, 0.1) is 6.92 Å². The Balaban J connectivity index is 3.48. The predicted molar refractivity (Wildman–Crippen MR) is 56.9 cm³/mol. The van der Waals surface area contributed by atoms with E-state index in [9.17, 15) is 9.90 Å². The van der Waals surface area contributed by atoms with Gasteiger partial charge in [0.05, 0.1) is 0 Å². The van der Waals surface area contributed by atoms with Crippen LogP contribution in [0.1, 0.15) is 37.9 Å². The average molecular weight is 195 g/mol. The monoisotopic (exact) mass is 195 g/mol. The molecule has 0 unspecified atom stereocenters. The Bertz CT molecular complexity index is 391. The summed E-state index contributed by atoms with van der Waals surface area (Å²) in [5.74, 6) is 0.0698. The van der Waals surface area contributed by atoms with Crippen LogP contribution in [0.2, 0.25) is 0 Å². The number of pyridine rings is 1. The Morgan fingerprint density at radius 3 is 2.50 bits per heavy atom. The van der Waals surface area contributed by atoms with Gasteiger partial charge in [0.1, 0.15) is 0 Å². The second-order valence-corrected chi connectivity index (χ2v) is 3.79. The van der Waals surface area contributed by atoms with Crippen LogP contribution in [0.25, 0.3) is 0 Å². The van der Waals surface area contributed by atoms with Crippen LogP contribution in [-0.2, 0) is 6.54 Å². The second-order valence-electron chi connectivity index (χ2n) is 3.79. The number of aryl methyl sites for hydroxylation is 1. The molecule has 1 heterocycles. The Labute approximate surface area is 84.0 Å². The van der Waals surface area contributed by atoms with Crippen molar-refractivity contribution in [1.29, 1.82) is 0 Å². The number of aromatic hydroxyl groups is 1. The molecule has 0 aliphatic heterocycles. The largest absolute Gasteiger partial charge is 0.503 e. The van der Waals surface area contributed by atoms with E-state index >= 15 is 0 Å². The van der Waals surface area contributed by atoms with Gasteiger partial charge in [0.25, 0.3) is 5.56 Å². The highest BCUT2D eigenvalue weighted by Gasteiger charge is 2.12. The number of aromatic nitrogens is 1. The van der Waals surface area contributed by atoms with Crippen molar-refractivity contribution >= 4 is 0 Å². The lowest BCUT2D eigenvalue weighted by atomic mass is 10.0. The van der Waals surface area contributed by atoms with Gasteiger partial charge in [-0.2, -0.15) is 0 Å². The molecule has 3 heteroatoms. The molecule has 1 aromatic heterocycles. The van der Waals surface area contributed by atoms with Crippen LogP contribution in [0.4, 0.5) is 0 Å². The highest BCUT2D eigenvalue weighted by Crippen LogP contribution is 2.22. The third kappa shape index (κ3) is 1.67. The topological polar surface area (TPSA) is 42.2 Å². The molecule has 0 aromatic carbocycles. The van der Waals surface area contributed by atoms with Crippen molar-refractivity contribution in [3.8, 4) is 5.75 Å². The molecule has 0 atom stereocenters. The maximum absolute atomic E-state index is 11.7. The van der Waals surface area contributed by atoms with Gasteiger partial charge >= 0.3 is 0 Å². The van der Waals surface area contributed by atoms with Gasteiger partial charge in [0.15, 0.2) is 5.75 Å². The molecule has 0 amide bonds. The Hall–Kier alpha value is -1.25. The summed E-state index contributed by atoms with van der Waals surface area (Å²) in [4.78, 5) is 11.7. The predicted octanol–water partition coefficient (Wildman–Crippen LogP) is 2.01. The van der Waals surface area contributed by atoms with Gasteiger partial charge in [-0.3, -0.25) is 4.79 Å². The maximum atomic E-state index is 11.7. The SMILES string of the molecule is CCn1c(C)cc(C(C)C)c(O)c1=O. The molecule has 14 heavy (non-hydrogen) atoms. The van der Waals surface area contributed by atoms with Crippen molar-refractivity contribution in [2.45, 2.75) is 40.2 Å². The quantitative estimate of drug-likeness (QED) is 0.784. The van der Waals surface area contributed by atoms with Crippen molar-refractivity contribution in [3.63, 3.8) is 0 Å². The summed E-state index contributed by atoms with van der Waals surface area (Å²) in [7, 11) is 0. The molecule has 0 aliphatic carbocycles. The first-order chi connectivity index (χ1) is 6.49. The molecule has 1 N–H and O–H groups in total. The zero-order chi connectivity index (χ0) is 10.9. The van der Waals surface area contributed by atoms with E-state index in [4.69, 9.17) is 0 Å². The van der Waals surface area contributed by atoms with Crippen LogP contribution < -0.4 is 5.56 Å². The van der Waals surface area contributed by atoms with E-state index < -0.39 is 0 Å². The summed E-state index contributed by atoms with van der Waals surface area (Å²) < 4.78 is 1.57.